The summed E-state index contributed by atoms with van der Waals surface area (Å²) in [4.78, 5) is 23.9. The fourth-order valence-electron chi connectivity index (χ4n) is 2.53. The monoisotopic (exact) mass is 316 g/mol. The van der Waals surface area contributed by atoms with Crippen LogP contribution in [0, 0.1) is 11.7 Å². The van der Waals surface area contributed by atoms with Crippen LogP contribution >= 0.6 is 0 Å². The van der Waals surface area contributed by atoms with Crippen LogP contribution in [0.15, 0.2) is 40.8 Å². The third kappa shape index (κ3) is 4.62. The van der Waals surface area contributed by atoms with Gasteiger partial charge in [0, 0.05) is 25.7 Å². The molecule has 4 heteroatoms. The standard InChI is InChI=1S/C19H21FO3/c1-3-18(21)17(19(22)4-2)12-16-10-9-15(23-16)11-13-5-7-14(20)8-6-13/h5-10,17H,3-4,11-12H2,1-2H3. The minimum Gasteiger partial charge on any atom is -0.466 e. The molecule has 122 valence electrons. The Balaban J connectivity index is 2.07. The van der Waals surface area contributed by atoms with Crippen LogP contribution in [0.4, 0.5) is 4.39 Å². The first-order valence-corrected chi connectivity index (χ1v) is 7.91. The molecule has 0 saturated carbocycles. The lowest BCUT2D eigenvalue weighted by atomic mass is 9.91. The summed E-state index contributed by atoms with van der Waals surface area (Å²) in [6, 6.07) is 9.88. The highest BCUT2D eigenvalue weighted by molar-refractivity contribution is 6.02. The van der Waals surface area contributed by atoms with Crippen molar-refractivity contribution in [3.63, 3.8) is 0 Å². The third-order valence-corrected chi connectivity index (χ3v) is 3.89. The van der Waals surface area contributed by atoms with Gasteiger partial charge >= 0.3 is 0 Å². The Bertz CT molecular complexity index is 654. The molecule has 2 rings (SSSR count). The number of ketones is 2. The molecule has 0 fully saturated rings. The smallest absolute Gasteiger partial charge is 0.143 e. The van der Waals surface area contributed by atoms with Gasteiger partial charge in [0.1, 0.15) is 28.9 Å². The van der Waals surface area contributed by atoms with E-state index in [1.165, 1.54) is 12.1 Å². The first kappa shape index (κ1) is 17.1. The Labute approximate surface area is 135 Å². The Morgan fingerprint density at radius 1 is 0.957 bits per heavy atom. The molecule has 2 aromatic rings. The van der Waals surface area contributed by atoms with E-state index in [-0.39, 0.29) is 17.4 Å². The first-order valence-electron chi connectivity index (χ1n) is 7.91. The normalized spacial score (nSPS) is 11.0. The van der Waals surface area contributed by atoms with Crippen molar-refractivity contribution in [3.8, 4) is 0 Å². The molecule has 0 N–H and O–H groups in total. The van der Waals surface area contributed by atoms with Gasteiger partial charge in [-0.05, 0) is 29.8 Å². The van der Waals surface area contributed by atoms with E-state index in [4.69, 9.17) is 4.42 Å². The van der Waals surface area contributed by atoms with Gasteiger partial charge in [0.05, 0.1) is 5.92 Å². The molecule has 0 spiro atoms. The fourth-order valence-corrected chi connectivity index (χ4v) is 2.53. The molecule has 0 saturated heterocycles. The molecule has 0 aliphatic heterocycles. The second kappa shape index (κ2) is 7.86. The number of carbonyl (C=O) groups excluding carboxylic acids is 2. The summed E-state index contributed by atoms with van der Waals surface area (Å²) in [5.74, 6) is 0.387. The second-order valence-corrected chi connectivity index (χ2v) is 5.57. The van der Waals surface area contributed by atoms with Crippen molar-refractivity contribution in [2.75, 3.05) is 0 Å². The van der Waals surface area contributed by atoms with E-state index < -0.39 is 5.92 Å². The lowest BCUT2D eigenvalue weighted by Crippen LogP contribution is -2.25. The zero-order chi connectivity index (χ0) is 16.8. The quantitative estimate of drug-likeness (QED) is 0.688. The van der Waals surface area contributed by atoms with Gasteiger partial charge < -0.3 is 4.42 Å². The van der Waals surface area contributed by atoms with Crippen molar-refractivity contribution < 1.29 is 18.4 Å². The van der Waals surface area contributed by atoms with Crippen molar-refractivity contribution in [2.24, 2.45) is 5.92 Å². The van der Waals surface area contributed by atoms with Crippen molar-refractivity contribution in [1.82, 2.24) is 0 Å². The van der Waals surface area contributed by atoms with E-state index >= 15 is 0 Å². The van der Waals surface area contributed by atoms with E-state index in [2.05, 4.69) is 0 Å². The maximum absolute atomic E-state index is 12.9. The van der Waals surface area contributed by atoms with Gasteiger partial charge in [-0.25, -0.2) is 4.39 Å². The predicted molar refractivity (Wildman–Crippen MR) is 85.7 cm³/mol. The molecule has 1 aromatic carbocycles. The maximum Gasteiger partial charge on any atom is 0.143 e. The number of carbonyl (C=O) groups is 2. The highest BCUT2D eigenvalue weighted by Crippen LogP contribution is 2.19. The molecule has 0 aliphatic rings. The van der Waals surface area contributed by atoms with E-state index in [0.29, 0.717) is 31.4 Å². The van der Waals surface area contributed by atoms with Gasteiger partial charge in [-0.2, -0.15) is 0 Å². The molecule has 0 aliphatic carbocycles. The van der Waals surface area contributed by atoms with Crippen LogP contribution in [-0.4, -0.2) is 11.6 Å². The zero-order valence-corrected chi connectivity index (χ0v) is 13.5. The van der Waals surface area contributed by atoms with Crippen LogP contribution in [0.2, 0.25) is 0 Å². The van der Waals surface area contributed by atoms with Crippen LogP contribution in [0.3, 0.4) is 0 Å². The van der Waals surface area contributed by atoms with Gasteiger partial charge in [-0.1, -0.05) is 26.0 Å². The largest absolute Gasteiger partial charge is 0.466 e. The van der Waals surface area contributed by atoms with E-state index in [1.54, 1.807) is 32.0 Å². The highest BCUT2D eigenvalue weighted by Gasteiger charge is 2.25. The molecule has 0 unspecified atom stereocenters. The number of hydrogen-bond acceptors (Lipinski definition) is 3. The SMILES string of the molecule is CCC(=O)C(Cc1ccc(Cc2ccc(F)cc2)o1)C(=O)CC. The summed E-state index contributed by atoms with van der Waals surface area (Å²) in [6.45, 7) is 3.53. The summed E-state index contributed by atoms with van der Waals surface area (Å²) >= 11 is 0. The molecule has 1 aromatic heterocycles. The van der Waals surface area contributed by atoms with Crippen LogP contribution in [0.1, 0.15) is 43.8 Å². The Morgan fingerprint density at radius 2 is 1.52 bits per heavy atom. The van der Waals surface area contributed by atoms with Crippen molar-refractivity contribution in [1.29, 1.82) is 0 Å². The maximum atomic E-state index is 12.9. The first-order chi connectivity index (χ1) is 11.0. The topological polar surface area (TPSA) is 47.3 Å². The lowest BCUT2D eigenvalue weighted by Gasteiger charge is -2.11. The number of hydrogen-bond donors (Lipinski definition) is 0. The molecule has 23 heavy (non-hydrogen) atoms. The van der Waals surface area contributed by atoms with E-state index in [9.17, 15) is 14.0 Å². The van der Waals surface area contributed by atoms with Gasteiger partial charge in [-0.15, -0.1) is 0 Å². The highest BCUT2D eigenvalue weighted by atomic mass is 19.1. The van der Waals surface area contributed by atoms with Gasteiger partial charge in [0.15, 0.2) is 0 Å². The van der Waals surface area contributed by atoms with Crippen molar-refractivity contribution >= 4 is 11.6 Å². The van der Waals surface area contributed by atoms with Crippen LogP contribution in [-0.2, 0) is 22.4 Å². The fraction of sp³-hybridized carbons (Fsp3) is 0.368. The lowest BCUT2D eigenvalue weighted by molar-refractivity contribution is -0.132. The van der Waals surface area contributed by atoms with Crippen LogP contribution < -0.4 is 0 Å². The summed E-state index contributed by atoms with van der Waals surface area (Å²) in [5, 5.41) is 0. The van der Waals surface area contributed by atoms with E-state index in [1.807, 2.05) is 6.07 Å². The number of rotatable bonds is 8. The minimum atomic E-state index is -0.616. The minimum absolute atomic E-state index is 0.0478. The molecular weight excluding hydrogens is 295 g/mol. The molecule has 0 amide bonds. The Hall–Kier alpha value is -2.23. The number of Topliss-reactive ketones (excluding diaryl/α,β-unsaturated/α-hetero) is 2. The third-order valence-electron chi connectivity index (χ3n) is 3.89. The molecule has 1 heterocycles. The number of benzene rings is 1. The van der Waals surface area contributed by atoms with Gasteiger partial charge in [0.2, 0.25) is 0 Å². The summed E-state index contributed by atoms with van der Waals surface area (Å²) < 4.78 is 18.6. The summed E-state index contributed by atoms with van der Waals surface area (Å²) in [5.41, 5.74) is 0.943. The van der Waals surface area contributed by atoms with E-state index in [0.717, 1.165) is 11.3 Å². The average Bonchev–Trinajstić information content (AvgIpc) is 3.00. The number of halogens is 1. The number of furan rings is 1. The molecule has 0 bridgehead atoms. The average molecular weight is 316 g/mol. The Morgan fingerprint density at radius 3 is 2.09 bits per heavy atom. The molecule has 0 radical (unpaired) electrons. The molecule has 0 atom stereocenters. The molecule has 3 nitrogen and oxygen atoms in total. The summed E-state index contributed by atoms with van der Waals surface area (Å²) in [6.07, 6.45) is 1.55. The molecular formula is C19H21FO3. The van der Waals surface area contributed by atoms with Gasteiger partial charge in [0.25, 0.3) is 0 Å². The van der Waals surface area contributed by atoms with Crippen molar-refractivity contribution in [2.45, 2.75) is 39.5 Å². The van der Waals surface area contributed by atoms with Crippen molar-refractivity contribution in [3.05, 3.63) is 59.3 Å². The second-order valence-electron chi connectivity index (χ2n) is 5.57. The predicted octanol–water partition coefficient (Wildman–Crippen LogP) is 4.13. The van der Waals surface area contributed by atoms with Gasteiger partial charge in [-0.3, -0.25) is 9.59 Å². The summed E-state index contributed by atoms with van der Waals surface area (Å²) in [7, 11) is 0. The Kier molecular flexibility index (Phi) is 5.85. The van der Waals surface area contributed by atoms with Crippen LogP contribution in [0.25, 0.3) is 0 Å². The zero-order valence-electron chi connectivity index (χ0n) is 13.5. The van der Waals surface area contributed by atoms with Crippen LogP contribution in [0.5, 0.6) is 0 Å².